The minimum atomic E-state index is -0.736. The number of ether oxygens (including phenoxy) is 1. The number of carbonyl (C=O) groups excluding carboxylic acids is 2. The third-order valence-corrected chi connectivity index (χ3v) is 2.27. The Morgan fingerprint density at radius 3 is 2.63 bits per heavy atom. The van der Waals surface area contributed by atoms with Crippen LogP contribution in [0.4, 0.5) is 0 Å². The van der Waals surface area contributed by atoms with Crippen molar-refractivity contribution in [2.24, 2.45) is 0 Å². The second-order valence-electron chi connectivity index (χ2n) is 3.83. The number of hydrogen-bond donors (Lipinski definition) is 2. The normalized spacial score (nSPS) is 11.2. The number of nitrogens with zero attached hydrogens (tertiary/aromatic N) is 1. The Bertz CT molecular complexity index is 468. The summed E-state index contributed by atoms with van der Waals surface area (Å²) in [6, 6.07) is 10.3. The molecule has 0 aliphatic rings. The molecule has 0 spiro atoms. The summed E-state index contributed by atoms with van der Waals surface area (Å²) in [5, 5.41) is 8.39. The van der Waals surface area contributed by atoms with Crippen molar-refractivity contribution in [3.05, 3.63) is 35.9 Å². The molecular weight excluding hydrogens is 246 g/mol. The lowest BCUT2D eigenvalue weighted by Gasteiger charge is -2.16. The molecule has 1 aromatic rings. The van der Waals surface area contributed by atoms with Crippen molar-refractivity contribution < 1.29 is 14.3 Å². The summed E-state index contributed by atoms with van der Waals surface area (Å²) < 4.78 is 4.74. The molecule has 0 aromatic heterocycles. The third-order valence-electron chi connectivity index (χ3n) is 2.27. The van der Waals surface area contributed by atoms with Crippen LogP contribution in [0.5, 0.6) is 0 Å². The van der Waals surface area contributed by atoms with Crippen molar-refractivity contribution in [3.8, 4) is 6.07 Å². The first-order valence-corrected chi connectivity index (χ1v) is 5.73. The topological polar surface area (TPSA) is 91.2 Å². The van der Waals surface area contributed by atoms with Gasteiger partial charge in [-0.15, -0.1) is 0 Å². The zero-order valence-electron chi connectivity index (χ0n) is 10.6. The lowest BCUT2D eigenvalue weighted by Crippen LogP contribution is -2.49. The number of benzene rings is 1. The highest BCUT2D eigenvalue weighted by Crippen LogP contribution is 2.04. The van der Waals surface area contributed by atoms with Gasteiger partial charge in [0.15, 0.2) is 6.61 Å². The van der Waals surface area contributed by atoms with Crippen LogP contribution in [0.2, 0.25) is 0 Å². The first kappa shape index (κ1) is 14.7. The van der Waals surface area contributed by atoms with E-state index in [1.54, 1.807) is 6.07 Å². The van der Waals surface area contributed by atoms with Gasteiger partial charge in [0, 0.05) is 13.3 Å². The maximum absolute atomic E-state index is 11.7. The second kappa shape index (κ2) is 7.84. The van der Waals surface area contributed by atoms with E-state index in [1.807, 2.05) is 30.3 Å². The molecule has 1 aromatic carbocycles. The Labute approximate surface area is 111 Å². The molecule has 19 heavy (non-hydrogen) atoms. The van der Waals surface area contributed by atoms with E-state index >= 15 is 0 Å². The zero-order chi connectivity index (χ0) is 14.1. The summed E-state index contributed by atoms with van der Waals surface area (Å²) in [5.74, 6) is -0.898. The van der Waals surface area contributed by atoms with Gasteiger partial charge in [-0.05, 0) is 5.56 Å². The van der Waals surface area contributed by atoms with Crippen LogP contribution in [0, 0.1) is 11.3 Å². The highest BCUT2D eigenvalue weighted by molar-refractivity contribution is 5.77. The van der Waals surface area contributed by atoms with E-state index in [1.165, 1.54) is 6.92 Å². The minimum absolute atomic E-state index is 0.314. The van der Waals surface area contributed by atoms with Crippen molar-refractivity contribution in [1.82, 2.24) is 10.9 Å². The fourth-order valence-electron chi connectivity index (χ4n) is 1.44. The van der Waals surface area contributed by atoms with Crippen LogP contribution in [0.25, 0.3) is 0 Å². The summed E-state index contributed by atoms with van der Waals surface area (Å²) in [5.41, 5.74) is 5.86. The average Bonchev–Trinajstić information content (AvgIpc) is 2.41. The van der Waals surface area contributed by atoms with Gasteiger partial charge in [0.1, 0.15) is 12.1 Å². The molecule has 0 fully saturated rings. The van der Waals surface area contributed by atoms with Gasteiger partial charge in [0.2, 0.25) is 5.91 Å². The number of hydrazine groups is 1. The number of hydrogen-bond acceptors (Lipinski definition) is 5. The summed E-state index contributed by atoms with van der Waals surface area (Å²) in [6.45, 7) is 1.01. The monoisotopic (exact) mass is 261 g/mol. The highest BCUT2D eigenvalue weighted by atomic mass is 16.5. The maximum Gasteiger partial charge on any atom is 0.326 e. The Morgan fingerprint density at radius 2 is 2.05 bits per heavy atom. The molecule has 1 rings (SSSR count). The summed E-state index contributed by atoms with van der Waals surface area (Å²) in [4.78, 5) is 22.6. The Morgan fingerprint density at radius 1 is 1.37 bits per heavy atom. The third kappa shape index (κ3) is 5.66. The largest absolute Gasteiger partial charge is 0.449 e. The van der Waals surface area contributed by atoms with Gasteiger partial charge in [-0.25, -0.2) is 5.43 Å². The molecule has 0 aliphatic heterocycles. The number of nitrogens with one attached hydrogen (secondary N) is 2. The van der Waals surface area contributed by atoms with Gasteiger partial charge in [0.25, 0.3) is 0 Å². The maximum atomic E-state index is 11.7. The molecule has 2 N–H and O–H groups in total. The van der Waals surface area contributed by atoms with E-state index in [0.29, 0.717) is 6.42 Å². The summed E-state index contributed by atoms with van der Waals surface area (Å²) in [6.07, 6.45) is 0.353. The van der Waals surface area contributed by atoms with Gasteiger partial charge >= 0.3 is 5.97 Å². The smallest absolute Gasteiger partial charge is 0.326 e. The molecule has 100 valence electrons. The molecule has 6 nitrogen and oxygen atoms in total. The van der Waals surface area contributed by atoms with Crippen LogP contribution >= 0.6 is 0 Å². The second-order valence-corrected chi connectivity index (χ2v) is 3.83. The van der Waals surface area contributed by atoms with Crippen LogP contribution in [-0.2, 0) is 20.7 Å². The van der Waals surface area contributed by atoms with Gasteiger partial charge < -0.3 is 4.74 Å². The molecule has 0 bridgehead atoms. The molecular formula is C13H15N3O3. The fraction of sp³-hybridized carbons (Fsp3) is 0.308. The van der Waals surface area contributed by atoms with E-state index in [-0.39, 0.29) is 12.5 Å². The molecule has 0 radical (unpaired) electrons. The van der Waals surface area contributed by atoms with Crippen LogP contribution in [0.15, 0.2) is 30.3 Å². The molecule has 1 atom stereocenters. The molecule has 0 heterocycles. The van der Waals surface area contributed by atoms with Crippen molar-refractivity contribution >= 4 is 11.9 Å². The highest BCUT2D eigenvalue weighted by Gasteiger charge is 2.20. The first-order valence-electron chi connectivity index (χ1n) is 5.73. The Balaban J connectivity index is 2.66. The van der Waals surface area contributed by atoms with E-state index in [0.717, 1.165) is 5.56 Å². The van der Waals surface area contributed by atoms with Crippen LogP contribution in [0.3, 0.4) is 0 Å². The molecule has 0 saturated heterocycles. The lowest BCUT2D eigenvalue weighted by molar-refractivity contribution is -0.145. The standard InChI is InChI=1S/C13H15N3O3/c1-10(17)15-16-12(13(18)19-8-7-14)9-11-5-3-2-4-6-11/h2-6,12,16H,8-9H2,1H3,(H,15,17)/t12-/m0/s1. The zero-order valence-corrected chi connectivity index (χ0v) is 10.6. The predicted molar refractivity (Wildman–Crippen MR) is 67.5 cm³/mol. The van der Waals surface area contributed by atoms with Crippen molar-refractivity contribution in [1.29, 1.82) is 5.26 Å². The number of rotatable bonds is 6. The summed E-state index contributed by atoms with van der Waals surface area (Å²) >= 11 is 0. The molecule has 6 heteroatoms. The Hall–Kier alpha value is -2.39. The predicted octanol–water partition coefficient (Wildman–Crippen LogP) is 0.305. The van der Waals surface area contributed by atoms with Crippen LogP contribution in [0.1, 0.15) is 12.5 Å². The molecule has 0 aliphatic carbocycles. The quantitative estimate of drug-likeness (QED) is 0.568. The number of nitriles is 1. The van der Waals surface area contributed by atoms with Crippen molar-refractivity contribution in [2.75, 3.05) is 6.61 Å². The molecule has 1 amide bonds. The number of carbonyl (C=O) groups is 2. The van der Waals surface area contributed by atoms with E-state index in [2.05, 4.69) is 10.9 Å². The lowest BCUT2D eigenvalue weighted by atomic mass is 10.1. The molecule has 0 unspecified atom stereocenters. The Kier molecular flexibility index (Phi) is 6.06. The average molecular weight is 261 g/mol. The van der Waals surface area contributed by atoms with Crippen molar-refractivity contribution in [3.63, 3.8) is 0 Å². The van der Waals surface area contributed by atoms with Gasteiger partial charge in [-0.1, -0.05) is 30.3 Å². The van der Waals surface area contributed by atoms with Gasteiger partial charge in [-0.2, -0.15) is 5.26 Å². The van der Waals surface area contributed by atoms with Gasteiger partial charge in [-0.3, -0.25) is 15.0 Å². The van der Waals surface area contributed by atoms with Crippen LogP contribution < -0.4 is 10.9 Å². The fourth-order valence-corrected chi connectivity index (χ4v) is 1.44. The number of esters is 1. The first-order chi connectivity index (χ1) is 9.13. The minimum Gasteiger partial charge on any atom is -0.449 e. The van der Waals surface area contributed by atoms with E-state index in [9.17, 15) is 9.59 Å². The van der Waals surface area contributed by atoms with Gasteiger partial charge in [0.05, 0.1) is 0 Å². The van der Waals surface area contributed by atoms with E-state index in [4.69, 9.17) is 10.00 Å². The van der Waals surface area contributed by atoms with E-state index < -0.39 is 12.0 Å². The molecule has 0 saturated carbocycles. The summed E-state index contributed by atoms with van der Waals surface area (Å²) in [7, 11) is 0. The van der Waals surface area contributed by atoms with Crippen molar-refractivity contribution in [2.45, 2.75) is 19.4 Å². The number of amides is 1. The van der Waals surface area contributed by atoms with Crippen LogP contribution in [-0.4, -0.2) is 24.5 Å². The SMILES string of the molecule is CC(=O)NN[C@@H](Cc1ccccc1)C(=O)OCC#N.